The Balaban J connectivity index is 1.87. The van der Waals surface area contributed by atoms with E-state index in [-0.39, 0.29) is 49.6 Å². The lowest BCUT2D eigenvalue weighted by molar-refractivity contribution is -0.145. The first-order valence-corrected chi connectivity index (χ1v) is 9.34. The van der Waals surface area contributed by atoms with Crippen molar-refractivity contribution in [2.45, 2.75) is 51.7 Å². The Morgan fingerprint density at radius 3 is 2.54 bits per heavy atom. The molecular weight excluding hydrogens is 368 g/mol. The van der Waals surface area contributed by atoms with E-state index < -0.39 is 23.4 Å². The van der Waals surface area contributed by atoms with Gasteiger partial charge in [-0.2, -0.15) is 5.10 Å². The minimum atomic E-state index is -1.24. The SMILES string of the molecule is CCOC(=O)CNC(=O)C1(C)Cn2nc(C(=O)OCC)cc2C(=O)N1C1CC1. The van der Waals surface area contributed by atoms with Crippen molar-refractivity contribution in [2.75, 3.05) is 19.8 Å². The number of amides is 2. The molecule has 1 N–H and O–H groups in total. The number of esters is 2. The molecule has 1 unspecified atom stereocenters. The number of carbonyl (C=O) groups is 4. The average Bonchev–Trinajstić information content (AvgIpc) is 3.38. The van der Waals surface area contributed by atoms with Crippen LogP contribution in [-0.4, -0.2) is 69.8 Å². The fourth-order valence-electron chi connectivity index (χ4n) is 3.37. The summed E-state index contributed by atoms with van der Waals surface area (Å²) >= 11 is 0. The third-order valence-corrected chi connectivity index (χ3v) is 4.79. The minimum absolute atomic E-state index is 0.0251. The molecule has 1 fully saturated rings. The predicted molar refractivity (Wildman–Crippen MR) is 95.4 cm³/mol. The van der Waals surface area contributed by atoms with E-state index in [4.69, 9.17) is 9.47 Å². The first-order chi connectivity index (χ1) is 13.3. The van der Waals surface area contributed by atoms with E-state index in [1.807, 2.05) is 0 Å². The van der Waals surface area contributed by atoms with E-state index in [2.05, 4.69) is 10.4 Å². The second-order valence-corrected chi connectivity index (χ2v) is 6.96. The zero-order valence-corrected chi connectivity index (χ0v) is 16.2. The van der Waals surface area contributed by atoms with E-state index in [9.17, 15) is 19.2 Å². The Bertz CT molecular complexity index is 815. The van der Waals surface area contributed by atoms with E-state index >= 15 is 0 Å². The Kier molecular flexibility index (Phi) is 5.39. The summed E-state index contributed by atoms with van der Waals surface area (Å²) in [6.07, 6.45) is 1.59. The zero-order chi connectivity index (χ0) is 20.5. The molecule has 0 bridgehead atoms. The Morgan fingerprint density at radius 2 is 1.93 bits per heavy atom. The van der Waals surface area contributed by atoms with Gasteiger partial charge < -0.3 is 19.7 Å². The van der Waals surface area contributed by atoms with E-state index in [1.165, 1.54) is 10.7 Å². The van der Waals surface area contributed by atoms with Crippen molar-refractivity contribution in [1.82, 2.24) is 20.0 Å². The molecular formula is C18H24N4O6. The summed E-state index contributed by atoms with van der Waals surface area (Å²) in [4.78, 5) is 51.1. The van der Waals surface area contributed by atoms with Crippen LogP contribution in [0.4, 0.5) is 0 Å². The molecule has 28 heavy (non-hydrogen) atoms. The smallest absolute Gasteiger partial charge is 0.358 e. The molecule has 0 spiro atoms. The van der Waals surface area contributed by atoms with Crippen LogP contribution in [0.1, 0.15) is 54.6 Å². The van der Waals surface area contributed by atoms with Gasteiger partial charge in [-0.1, -0.05) is 0 Å². The second-order valence-electron chi connectivity index (χ2n) is 6.96. The summed E-state index contributed by atoms with van der Waals surface area (Å²) in [6, 6.07) is 1.34. The van der Waals surface area contributed by atoms with Crippen LogP contribution in [0.15, 0.2) is 6.07 Å². The molecule has 0 radical (unpaired) electrons. The summed E-state index contributed by atoms with van der Waals surface area (Å²) in [5.41, 5.74) is -0.974. The largest absolute Gasteiger partial charge is 0.465 e. The number of hydrogen-bond acceptors (Lipinski definition) is 7. The van der Waals surface area contributed by atoms with E-state index in [0.29, 0.717) is 0 Å². The van der Waals surface area contributed by atoms with Crippen molar-refractivity contribution in [3.8, 4) is 0 Å². The fourth-order valence-corrected chi connectivity index (χ4v) is 3.37. The molecule has 1 aromatic rings. The standard InChI is InChI=1S/C18H24N4O6/c1-4-27-14(23)9-19-17(26)18(3)10-21-13(15(24)22(18)11-6-7-11)8-12(20-21)16(25)28-5-2/h8,11H,4-7,9-10H2,1-3H3,(H,19,26). The lowest BCUT2D eigenvalue weighted by atomic mass is 9.94. The van der Waals surface area contributed by atoms with Crippen LogP contribution < -0.4 is 5.32 Å². The molecule has 0 aromatic carbocycles. The lowest BCUT2D eigenvalue weighted by Gasteiger charge is -2.43. The molecule has 2 amide bonds. The third-order valence-electron chi connectivity index (χ3n) is 4.79. The summed E-state index contributed by atoms with van der Waals surface area (Å²) in [7, 11) is 0. The number of fused-ring (bicyclic) bond motifs is 1. The third kappa shape index (κ3) is 3.58. The number of aromatic nitrogens is 2. The number of hydrogen-bond donors (Lipinski definition) is 1. The second kappa shape index (κ2) is 7.61. The number of nitrogens with one attached hydrogen (secondary N) is 1. The lowest BCUT2D eigenvalue weighted by Crippen LogP contribution is -2.65. The van der Waals surface area contributed by atoms with Gasteiger partial charge in [-0.05, 0) is 33.6 Å². The van der Waals surface area contributed by atoms with Crippen molar-refractivity contribution in [2.24, 2.45) is 0 Å². The monoisotopic (exact) mass is 392 g/mol. The molecule has 1 atom stereocenters. The van der Waals surface area contributed by atoms with Gasteiger partial charge in [0.25, 0.3) is 5.91 Å². The van der Waals surface area contributed by atoms with Crippen molar-refractivity contribution < 1.29 is 28.7 Å². The topological polar surface area (TPSA) is 120 Å². The summed E-state index contributed by atoms with van der Waals surface area (Å²) in [5, 5.41) is 6.71. The van der Waals surface area contributed by atoms with Crippen molar-refractivity contribution in [3.05, 3.63) is 17.5 Å². The Labute approximate surface area is 162 Å². The molecule has 152 valence electrons. The maximum absolute atomic E-state index is 13.1. The predicted octanol–water partition coefficient (Wildman–Crippen LogP) is 0.116. The minimum Gasteiger partial charge on any atom is -0.465 e. The quantitative estimate of drug-likeness (QED) is 0.654. The molecule has 2 aliphatic rings. The van der Waals surface area contributed by atoms with Gasteiger partial charge in [-0.15, -0.1) is 0 Å². The first kappa shape index (κ1) is 19.8. The van der Waals surface area contributed by atoms with Gasteiger partial charge in [-0.25, -0.2) is 4.79 Å². The number of rotatable bonds is 7. The van der Waals surface area contributed by atoms with Crippen LogP contribution in [0.5, 0.6) is 0 Å². The maximum Gasteiger partial charge on any atom is 0.358 e. The first-order valence-electron chi connectivity index (χ1n) is 9.34. The highest BCUT2D eigenvalue weighted by molar-refractivity contribution is 6.01. The Hall–Kier alpha value is -2.91. The number of ether oxygens (including phenoxy) is 2. The highest BCUT2D eigenvalue weighted by Gasteiger charge is 2.53. The average molecular weight is 392 g/mol. The van der Waals surface area contributed by atoms with Gasteiger partial charge in [0, 0.05) is 12.1 Å². The van der Waals surface area contributed by atoms with Crippen LogP contribution in [0, 0.1) is 0 Å². The van der Waals surface area contributed by atoms with Crippen LogP contribution in [-0.2, 0) is 25.6 Å². The van der Waals surface area contributed by atoms with Gasteiger partial charge in [-0.3, -0.25) is 19.1 Å². The van der Waals surface area contributed by atoms with Crippen LogP contribution >= 0.6 is 0 Å². The van der Waals surface area contributed by atoms with Gasteiger partial charge >= 0.3 is 11.9 Å². The number of carbonyl (C=O) groups excluding carboxylic acids is 4. The van der Waals surface area contributed by atoms with Crippen LogP contribution in [0.25, 0.3) is 0 Å². The van der Waals surface area contributed by atoms with E-state index in [1.54, 1.807) is 25.7 Å². The van der Waals surface area contributed by atoms with E-state index in [0.717, 1.165) is 12.8 Å². The molecule has 1 aliphatic heterocycles. The fraction of sp³-hybridized carbons (Fsp3) is 0.611. The molecule has 10 nitrogen and oxygen atoms in total. The Morgan fingerprint density at radius 1 is 1.25 bits per heavy atom. The molecule has 3 rings (SSSR count). The highest BCUT2D eigenvalue weighted by atomic mass is 16.5. The van der Waals surface area contributed by atoms with Crippen molar-refractivity contribution in [1.29, 1.82) is 0 Å². The van der Waals surface area contributed by atoms with Crippen LogP contribution in [0.3, 0.4) is 0 Å². The van der Waals surface area contributed by atoms with Crippen LogP contribution in [0.2, 0.25) is 0 Å². The molecule has 10 heteroatoms. The summed E-state index contributed by atoms with van der Waals surface area (Å²) in [5.74, 6) is -2.02. The number of nitrogens with zero attached hydrogens (tertiary/aromatic N) is 3. The molecule has 1 saturated carbocycles. The summed E-state index contributed by atoms with van der Waals surface area (Å²) < 4.78 is 11.1. The normalized spacial score (nSPS) is 21.1. The maximum atomic E-state index is 13.1. The van der Waals surface area contributed by atoms with Crippen molar-refractivity contribution >= 4 is 23.8 Å². The van der Waals surface area contributed by atoms with Gasteiger partial charge in [0.05, 0.1) is 19.8 Å². The van der Waals surface area contributed by atoms with Gasteiger partial charge in [0.2, 0.25) is 5.91 Å². The molecule has 2 heterocycles. The highest BCUT2D eigenvalue weighted by Crippen LogP contribution is 2.38. The van der Waals surface area contributed by atoms with Gasteiger partial charge in [0.1, 0.15) is 17.8 Å². The molecule has 1 aliphatic carbocycles. The molecule has 1 aromatic heterocycles. The summed E-state index contributed by atoms with van der Waals surface area (Å²) in [6.45, 7) is 5.18. The zero-order valence-electron chi connectivity index (χ0n) is 16.2. The van der Waals surface area contributed by atoms with Gasteiger partial charge in [0.15, 0.2) is 5.69 Å². The molecule has 0 saturated heterocycles. The van der Waals surface area contributed by atoms with Crippen molar-refractivity contribution in [3.63, 3.8) is 0 Å².